The van der Waals surface area contributed by atoms with Crippen LogP contribution >= 0.6 is 0 Å². The minimum absolute atomic E-state index is 0.0945. The summed E-state index contributed by atoms with van der Waals surface area (Å²) in [6.07, 6.45) is 6.19. The van der Waals surface area contributed by atoms with Crippen LogP contribution in [0.2, 0.25) is 0 Å². The predicted molar refractivity (Wildman–Crippen MR) is 112 cm³/mol. The minimum Gasteiger partial charge on any atom is -0.296 e. The highest BCUT2D eigenvalue weighted by atomic mass is 32.2. The molecule has 8 heteroatoms. The van der Waals surface area contributed by atoms with Crippen LogP contribution in [0.1, 0.15) is 81.9 Å². The summed E-state index contributed by atoms with van der Waals surface area (Å²) in [7, 11) is -3.34. The van der Waals surface area contributed by atoms with Gasteiger partial charge in [-0.05, 0) is 44.9 Å². The number of aromatic nitrogens is 2. The molecule has 7 nitrogen and oxygen atoms in total. The van der Waals surface area contributed by atoms with Crippen LogP contribution in [-0.2, 0) is 21.2 Å². The summed E-state index contributed by atoms with van der Waals surface area (Å²) in [6.45, 7) is 7.29. The first-order valence-corrected chi connectivity index (χ1v) is 12.5. The van der Waals surface area contributed by atoms with Crippen molar-refractivity contribution in [3.63, 3.8) is 0 Å². The number of nitrogens with zero attached hydrogens (tertiary/aromatic N) is 4. The third-order valence-electron chi connectivity index (χ3n) is 6.45. The molecule has 1 amide bonds. The van der Waals surface area contributed by atoms with Crippen LogP contribution in [0, 0.1) is 12.8 Å². The smallest absolute Gasteiger partial charge is 0.228 e. The standard InChI is InChI=1S/C21H32N4O3S/c1-14(2)13-24-19(26)11-10-17-15(3)22-20(23-21(17)24)18-9-6-12-25(18)29(27,28)16-7-4-5-8-16/h14,16,18H,4-13H2,1-3H3. The average molecular weight is 421 g/mol. The maximum Gasteiger partial charge on any atom is 0.228 e. The molecule has 1 saturated heterocycles. The highest BCUT2D eigenvalue weighted by molar-refractivity contribution is 7.89. The van der Waals surface area contributed by atoms with Crippen molar-refractivity contribution < 1.29 is 13.2 Å². The molecule has 1 aliphatic carbocycles. The van der Waals surface area contributed by atoms with Crippen LogP contribution in [0.3, 0.4) is 0 Å². The van der Waals surface area contributed by atoms with E-state index < -0.39 is 10.0 Å². The monoisotopic (exact) mass is 420 g/mol. The molecule has 1 aromatic heterocycles. The van der Waals surface area contributed by atoms with Crippen molar-refractivity contribution in [2.24, 2.45) is 5.92 Å². The Hall–Kier alpha value is -1.54. The number of carbonyl (C=O) groups is 1. The Morgan fingerprint density at radius 2 is 1.79 bits per heavy atom. The molecular weight excluding hydrogens is 388 g/mol. The highest BCUT2D eigenvalue weighted by Crippen LogP contribution is 2.39. The number of aryl methyl sites for hydroxylation is 1. The van der Waals surface area contributed by atoms with Crippen molar-refractivity contribution in [2.75, 3.05) is 18.0 Å². The van der Waals surface area contributed by atoms with Crippen molar-refractivity contribution in [3.05, 3.63) is 17.1 Å². The van der Waals surface area contributed by atoms with Crippen LogP contribution in [0.5, 0.6) is 0 Å². The van der Waals surface area contributed by atoms with Crippen LogP contribution in [0.25, 0.3) is 0 Å². The van der Waals surface area contributed by atoms with Crippen LogP contribution in [0.15, 0.2) is 0 Å². The number of anilines is 1. The van der Waals surface area contributed by atoms with E-state index in [2.05, 4.69) is 13.8 Å². The Kier molecular flexibility index (Phi) is 5.68. The number of amides is 1. The molecule has 1 unspecified atom stereocenters. The van der Waals surface area contributed by atoms with E-state index in [0.29, 0.717) is 43.5 Å². The molecule has 2 aliphatic heterocycles. The van der Waals surface area contributed by atoms with E-state index in [1.807, 2.05) is 6.92 Å². The molecule has 2 fully saturated rings. The van der Waals surface area contributed by atoms with E-state index in [1.165, 1.54) is 0 Å². The van der Waals surface area contributed by atoms with Gasteiger partial charge in [-0.25, -0.2) is 18.4 Å². The van der Waals surface area contributed by atoms with Gasteiger partial charge in [-0.3, -0.25) is 9.69 Å². The van der Waals surface area contributed by atoms with Gasteiger partial charge < -0.3 is 0 Å². The van der Waals surface area contributed by atoms with Crippen LogP contribution < -0.4 is 4.90 Å². The number of carbonyl (C=O) groups excluding carboxylic acids is 1. The lowest BCUT2D eigenvalue weighted by molar-refractivity contribution is -0.119. The molecule has 1 atom stereocenters. The van der Waals surface area contributed by atoms with Crippen LogP contribution in [0.4, 0.5) is 5.82 Å². The number of hydrogen-bond acceptors (Lipinski definition) is 5. The summed E-state index contributed by atoms with van der Waals surface area (Å²) in [5, 5.41) is -0.263. The molecule has 3 aliphatic rings. The SMILES string of the molecule is Cc1nc(C2CCCN2S(=O)(=O)C2CCCC2)nc2c1CCC(=O)N2CC(C)C. The maximum absolute atomic E-state index is 13.3. The third-order valence-corrected chi connectivity index (χ3v) is 8.86. The van der Waals surface area contributed by atoms with E-state index in [-0.39, 0.29) is 17.2 Å². The first-order valence-electron chi connectivity index (χ1n) is 11.0. The minimum atomic E-state index is -3.34. The average Bonchev–Trinajstić information content (AvgIpc) is 3.36. The molecule has 0 radical (unpaired) electrons. The van der Waals surface area contributed by atoms with E-state index in [0.717, 1.165) is 49.8 Å². The van der Waals surface area contributed by atoms with Gasteiger partial charge in [-0.1, -0.05) is 26.7 Å². The number of fused-ring (bicyclic) bond motifs is 1. The van der Waals surface area contributed by atoms with Crippen molar-refractivity contribution in [2.45, 2.75) is 83.4 Å². The lowest BCUT2D eigenvalue weighted by Crippen LogP contribution is -2.40. The fraction of sp³-hybridized carbons (Fsp3) is 0.762. The Balaban J connectivity index is 1.71. The van der Waals surface area contributed by atoms with Crippen molar-refractivity contribution in [1.82, 2.24) is 14.3 Å². The molecule has 0 spiro atoms. The summed E-state index contributed by atoms with van der Waals surface area (Å²) in [4.78, 5) is 23.9. The summed E-state index contributed by atoms with van der Waals surface area (Å²) < 4.78 is 28.2. The molecule has 3 heterocycles. The molecule has 1 aromatic rings. The van der Waals surface area contributed by atoms with E-state index >= 15 is 0 Å². The van der Waals surface area contributed by atoms with E-state index in [4.69, 9.17) is 9.97 Å². The predicted octanol–water partition coefficient (Wildman–Crippen LogP) is 3.13. The lowest BCUT2D eigenvalue weighted by Gasteiger charge is -2.32. The highest BCUT2D eigenvalue weighted by Gasteiger charge is 2.42. The van der Waals surface area contributed by atoms with Gasteiger partial charge in [0.1, 0.15) is 11.6 Å². The summed E-state index contributed by atoms with van der Waals surface area (Å²) in [5.74, 6) is 1.68. The summed E-state index contributed by atoms with van der Waals surface area (Å²) in [6, 6.07) is -0.317. The second-order valence-electron chi connectivity index (χ2n) is 9.09. The normalized spacial score (nSPS) is 23.9. The van der Waals surface area contributed by atoms with Gasteiger partial charge in [0, 0.05) is 30.8 Å². The largest absolute Gasteiger partial charge is 0.296 e. The Bertz CT molecular complexity index is 893. The Labute approximate surface area is 173 Å². The first-order chi connectivity index (χ1) is 13.8. The van der Waals surface area contributed by atoms with Crippen molar-refractivity contribution in [3.8, 4) is 0 Å². The fourth-order valence-corrected chi connectivity index (χ4v) is 7.24. The van der Waals surface area contributed by atoms with E-state index in [1.54, 1.807) is 9.21 Å². The molecule has 0 bridgehead atoms. The van der Waals surface area contributed by atoms with Gasteiger partial charge in [0.15, 0.2) is 0 Å². The van der Waals surface area contributed by atoms with Crippen LogP contribution in [-0.4, -0.2) is 46.9 Å². The Morgan fingerprint density at radius 3 is 2.48 bits per heavy atom. The fourth-order valence-electron chi connectivity index (χ4n) is 4.99. The zero-order valence-corrected chi connectivity index (χ0v) is 18.5. The summed E-state index contributed by atoms with van der Waals surface area (Å²) >= 11 is 0. The molecule has 4 rings (SSSR count). The zero-order chi connectivity index (χ0) is 20.8. The molecule has 0 N–H and O–H groups in total. The molecular formula is C21H32N4O3S. The molecule has 1 saturated carbocycles. The van der Waals surface area contributed by atoms with Gasteiger partial charge in [0.05, 0.1) is 11.3 Å². The quantitative estimate of drug-likeness (QED) is 0.731. The van der Waals surface area contributed by atoms with Gasteiger partial charge in [-0.2, -0.15) is 4.31 Å². The second-order valence-corrected chi connectivity index (χ2v) is 11.3. The third kappa shape index (κ3) is 3.81. The van der Waals surface area contributed by atoms with Gasteiger partial charge in [0.2, 0.25) is 15.9 Å². The topological polar surface area (TPSA) is 83.5 Å². The van der Waals surface area contributed by atoms with E-state index in [9.17, 15) is 13.2 Å². The second kappa shape index (κ2) is 7.95. The summed E-state index contributed by atoms with van der Waals surface area (Å²) in [5.41, 5.74) is 1.90. The number of hydrogen-bond donors (Lipinski definition) is 0. The Morgan fingerprint density at radius 1 is 1.07 bits per heavy atom. The first kappa shape index (κ1) is 20.7. The number of rotatable bonds is 5. The van der Waals surface area contributed by atoms with Gasteiger partial charge in [-0.15, -0.1) is 0 Å². The molecule has 0 aromatic carbocycles. The lowest BCUT2D eigenvalue weighted by atomic mass is 10.0. The van der Waals surface area contributed by atoms with Crippen molar-refractivity contribution in [1.29, 1.82) is 0 Å². The molecule has 29 heavy (non-hydrogen) atoms. The van der Waals surface area contributed by atoms with Gasteiger partial charge >= 0.3 is 0 Å². The number of sulfonamides is 1. The van der Waals surface area contributed by atoms with Gasteiger partial charge in [0.25, 0.3) is 0 Å². The maximum atomic E-state index is 13.3. The zero-order valence-electron chi connectivity index (χ0n) is 17.7. The van der Waals surface area contributed by atoms with Crippen molar-refractivity contribution >= 4 is 21.7 Å². The molecule has 160 valence electrons.